The number of halogens is 1. The molecule has 0 spiro atoms. The summed E-state index contributed by atoms with van der Waals surface area (Å²) in [6, 6.07) is 15.3. The minimum absolute atomic E-state index is 0.129. The molecule has 2 heterocycles. The Hall–Kier alpha value is -3.40. The Kier molecular flexibility index (Phi) is 6.17. The number of hydrogen-bond donors (Lipinski definition) is 1. The van der Waals surface area contributed by atoms with Crippen molar-refractivity contribution >= 4 is 44.6 Å². The van der Waals surface area contributed by atoms with Gasteiger partial charge in [-0.15, -0.1) is 0 Å². The lowest BCUT2D eigenvalue weighted by Crippen LogP contribution is -2.47. The first-order valence-electron chi connectivity index (χ1n) is 9.71. The van der Waals surface area contributed by atoms with Crippen LogP contribution in [-0.2, 0) is 0 Å². The molecule has 10 heteroatoms. The molecule has 160 valence electrons. The number of methoxy groups -OCH3 is 1. The molecule has 1 saturated heterocycles. The van der Waals surface area contributed by atoms with Crippen molar-refractivity contribution in [2.45, 2.75) is 0 Å². The molecule has 1 aromatic heterocycles. The van der Waals surface area contributed by atoms with E-state index in [2.05, 4.69) is 36.1 Å². The average Bonchev–Trinajstić information content (AvgIpc) is 2.80. The molecule has 1 aliphatic rings. The van der Waals surface area contributed by atoms with E-state index in [1.165, 1.54) is 6.33 Å². The van der Waals surface area contributed by atoms with Crippen LogP contribution in [0.3, 0.4) is 0 Å². The summed E-state index contributed by atoms with van der Waals surface area (Å²) < 4.78 is 6.00. The first kappa shape index (κ1) is 20.9. The van der Waals surface area contributed by atoms with Crippen LogP contribution in [0.2, 0.25) is 0 Å². The standard InChI is InChI=1S/C21H21BrN6O3/c1-31-16-8-6-15(7-9-16)26-10-12-27(13-11-26)21-19(28(29)30)20(23-14-24-21)25-18-5-3-2-4-17(18)22/h2-9,14H,10-13H2,1H3,(H,23,24,25). The van der Waals surface area contributed by atoms with Gasteiger partial charge in [0.1, 0.15) is 12.1 Å². The molecule has 9 nitrogen and oxygen atoms in total. The number of benzene rings is 2. The van der Waals surface area contributed by atoms with Gasteiger partial charge in [0.25, 0.3) is 0 Å². The third-order valence-electron chi connectivity index (χ3n) is 5.13. The molecule has 1 fully saturated rings. The second kappa shape index (κ2) is 9.17. The molecular weight excluding hydrogens is 464 g/mol. The van der Waals surface area contributed by atoms with Crippen LogP contribution in [0, 0.1) is 10.1 Å². The van der Waals surface area contributed by atoms with E-state index in [1.54, 1.807) is 7.11 Å². The molecule has 3 aromatic rings. The molecule has 2 aromatic carbocycles. The van der Waals surface area contributed by atoms with Crippen LogP contribution in [0.15, 0.2) is 59.3 Å². The van der Waals surface area contributed by atoms with Crippen molar-refractivity contribution < 1.29 is 9.66 Å². The number of ether oxygens (including phenoxy) is 1. The molecule has 0 bridgehead atoms. The van der Waals surface area contributed by atoms with Gasteiger partial charge in [0.15, 0.2) is 0 Å². The van der Waals surface area contributed by atoms with Crippen molar-refractivity contribution in [3.63, 3.8) is 0 Å². The summed E-state index contributed by atoms with van der Waals surface area (Å²) in [5, 5.41) is 15.0. The summed E-state index contributed by atoms with van der Waals surface area (Å²) in [7, 11) is 1.64. The fourth-order valence-corrected chi connectivity index (χ4v) is 3.90. The highest BCUT2D eigenvalue weighted by molar-refractivity contribution is 9.10. The second-order valence-corrected chi connectivity index (χ2v) is 7.78. The van der Waals surface area contributed by atoms with Gasteiger partial charge in [0, 0.05) is 36.3 Å². The highest BCUT2D eigenvalue weighted by atomic mass is 79.9. The van der Waals surface area contributed by atoms with Gasteiger partial charge in [-0.25, -0.2) is 9.97 Å². The second-order valence-electron chi connectivity index (χ2n) is 6.93. The average molecular weight is 485 g/mol. The summed E-state index contributed by atoms with van der Waals surface area (Å²) in [5.74, 6) is 1.30. The van der Waals surface area contributed by atoms with Crippen molar-refractivity contribution in [3.05, 3.63) is 69.4 Å². The number of nitro groups is 1. The number of nitrogens with zero attached hydrogens (tertiary/aromatic N) is 5. The van der Waals surface area contributed by atoms with Crippen LogP contribution in [-0.4, -0.2) is 48.2 Å². The summed E-state index contributed by atoms with van der Waals surface area (Å²) >= 11 is 3.45. The van der Waals surface area contributed by atoms with Gasteiger partial charge in [-0.1, -0.05) is 12.1 Å². The minimum atomic E-state index is -0.426. The predicted molar refractivity (Wildman–Crippen MR) is 124 cm³/mol. The maximum Gasteiger partial charge on any atom is 0.353 e. The van der Waals surface area contributed by atoms with Crippen LogP contribution in [0.5, 0.6) is 5.75 Å². The smallest absolute Gasteiger partial charge is 0.353 e. The quantitative estimate of drug-likeness (QED) is 0.410. The highest BCUT2D eigenvalue weighted by Gasteiger charge is 2.29. The van der Waals surface area contributed by atoms with Crippen molar-refractivity contribution in [1.82, 2.24) is 9.97 Å². The van der Waals surface area contributed by atoms with Crippen LogP contribution in [0.4, 0.5) is 28.7 Å². The zero-order valence-corrected chi connectivity index (χ0v) is 18.4. The van der Waals surface area contributed by atoms with Crippen molar-refractivity contribution in [3.8, 4) is 5.75 Å². The van der Waals surface area contributed by atoms with Crippen molar-refractivity contribution in [1.29, 1.82) is 0 Å². The Balaban J connectivity index is 1.54. The van der Waals surface area contributed by atoms with Crippen molar-refractivity contribution in [2.75, 3.05) is 48.4 Å². The van der Waals surface area contributed by atoms with E-state index in [0.29, 0.717) is 24.6 Å². The first-order chi connectivity index (χ1) is 15.1. The number of hydrogen-bond acceptors (Lipinski definition) is 8. The maximum atomic E-state index is 11.9. The third-order valence-corrected chi connectivity index (χ3v) is 5.82. The summed E-state index contributed by atoms with van der Waals surface area (Å²) in [6.07, 6.45) is 1.36. The number of nitrogens with one attached hydrogen (secondary N) is 1. The van der Waals surface area contributed by atoms with Crippen LogP contribution in [0.25, 0.3) is 0 Å². The molecule has 0 unspecified atom stereocenters. The van der Waals surface area contributed by atoms with E-state index in [4.69, 9.17) is 4.74 Å². The zero-order chi connectivity index (χ0) is 21.8. The molecular formula is C21H21BrN6O3. The normalized spacial score (nSPS) is 13.7. The Morgan fingerprint density at radius 2 is 1.71 bits per heavy atom. The van der Waals surface area contributed by atoms with E-state index in [-0.39, 0.29) is 11.5 Å². The number of rotatable bonds is 6. The summed E-state index contributed by atoms with van der Waals surface area (Å²) in [4.78, 5) is 24.1. The van der Waals surface area contributed by atoms with Gasteiger partial charge in [-0.05, 0) is 52.3 Å². The van der Waals surface area contributed by atoms with Gasteiger partial charge in [0.05, 0.1) is 17.7 Å². The lowest BCUT2D eigenvalue weighted by molar-refractivity contribution is -0.383. The fraction of sp³-hybridized carbons (Fsp3) is 0.238. The topological polar surface area (TPSA) is 96.7 Å². The number of aromatic nitrogens is 2. The third kappa shape index (κ3) is 4.53. The Morgan fingerprint density at radius 3 is 2.35 bits per heavy atom. The minimum Gasteiger partial charge on any atom is -0.497 e. The first-order valence-corrected chi connectivity index (χ1v) is 10.5. The Bertz CT molecular complexity index is 1070. The van der Waals surface area contributed by atoms with E-state index >= 15 is 0 Å². The number of anilines is 4. The molecule has 0 atom stereocenters. The van der Waals surface area contributed by atoms with Crippen LogP contribution in [0.1, 0.15) is 0 Å². The molecule has 1 N–H and O–H groups in total. The van der Waals surface area contributed by atoms with E-state index in [0.717, 1.165) is 29.0 Å². The monoisotopic (exact) mass is 484 g/mol. The largest absolute Gasteiger partial charge is 0.497 e. The Labute approximate surface area is 188 Å². The zero-order valence-electron chi connectivity index (χ0n) is 16.9. The lowest BCUT2D eigenvalue weighted by Gasteiger charge is -2.36. The molecule has 0 amide bonds. The summed E-state index contributed by atoms with van der Waals surface area (Å²) in [5.41, 5.74) is 1.66. The van der Waals surface area contributed by atoms with Gasteiger partial charge in [-0.3, -0.25) is 10.1 Å². The molecule has 1 aliphatic heterocycles. The maximum absolute atomic E-state index is 11.9. The summed E-state index contributed by atoms with van der Waals surface area (Å²) in [6.45, 7) is 2.66. The molecule has 0 aliphatic carbocycles. The van der Waals surface area contributed by atoms with Crippen molar-refractivity contribution in [2.24, 2.45) is 0 Å². The van der Waals surface area contributed by atoms with Gasteiger partial charge >= 0.3 is 5.69 Å². The Morgan fingerprint density at radius 1 is 1.03 bits per heavy atom. The van der Waals surface area contributed by atoms with E-state index in [1.807, 2.05) is 53.4 Å². The van der Waals surface area contributed by atoms with Crippen LogP contribution >= 0.6 is 15.9 Å². The molecule has 0 radical (unpaired) electrons. The van der Waals surface area contributed by atoms with Gasteiger partial charge < -0.3 is 19.9 Å². The number of para-hydroxylation sites is 1. The van der Waals surface area contributed by atoms with Crippen LogP contribution < -0.4 is 19.9 Å². The SMILES string of the molecule is COc1ccc(N2CCN(c3ncnc(Nc4ccccc4Br)c3[N+](=O)[O-])CC2)cc1. The van der Waals surface area contributed by atoms with E-state index in [9.17, 15) is 10.1 Å². The molecule has 31 heavy (non-hydrogen) atoms. The van der Waals surface area contributed by atoms with E-state index < -0.39 is 4.92 Å². The predicted octanol–water partition coefficient (Wildman–Crippen LogP) is 4.23. The van der Waals surface area contributed by atoms with Gasteiger partial charge in [-0.2, -0.15) is 0 Å². The van der Waals surface area contributed by atoms with Gasteiger partial charge in [0.2, 0.25) is 11.6 Å². The molecule has 0 saturated carbocycles. The lowest BCUT2D eigenvalue weighted by atomic mass is 10.2. The highest BCUT2D eigenvalue weighted by Crippen LogP contribution is 2.35. The number of piperazine rings is 1. The molecule has 4 rings (SSSR count). The fourth-order valence-electron chi connectivity index (χ4n) is 3.52.